The van der Waals surface area contributed by atoms with Crippen molar-refractivity contribution in [1.82, 2.24) is 20.5 Å². The van der Waals surface area contributed by atoms with Crippen molar-refractivity contribution in [3.63, 3.8) is 0 Å². The van der Waals surface area contributed by atoms with Crippen molar-refractivity contribution in [3.8, 4) is 5.75 Å². The Morgan fingerprint density at radius 1 is 0.974 bits per heavy atom. The average molecular weight is 516 g/mol. The van der Waals surface area contributed by atoms with Crippen LogP contribution in [0.3, 0.4) is 0 Å². The van der Waals surface area contributed by atoms with Crippen LogP contribution in [-0.2, 0) is 16.0 Å². The molecule has 1 saturated heterocycles. The monoisotopic (exact) mass is 515 g/mol. The highest BCUT2D eigenvalue weighted by molar-refractivity contribution is 6.35. The van der Waals surface area contributed by atoms with Gasteiger partial charge in [0.2, 0.25) is 0 Å². The molecular formula is C29H33N5O4. The molecule has 3 N–H and O–H groups in total. The Labute approximate surface area is 221 Å². The average Bonchev–Trinajstić information content (AvgIpc) is 3.64. The Morgan fingerprint density at radius 3 is 2.47 bits per heavy atom. The van der Waals surface area contributed by atoms with Crippen LogP contribution in [0.2, 0.25) is 0 Å². The number of para-hydroxylation sites is 1. The van der Waals surface area contributed by atoms with Crippen LogP contribution < -0.4 is 20.3 Å². The lowest BCUT2D eigenvalue weighted by Crippen LogP contribution is -2.50. The molecule has 1 atom stereocenters. The van der Waals surface area contributed by atoms with E-state index in [0.717, 1.165) is 59.8 Å². The van der Waals surface area contributed by atoms with Gasteiger partial charge in [0.05, 0.1) is 19.4 Å². The van der Waals surface area contributed by atoms with Crippen LogP contribution in [-0.4, -0.2) is 68.1 Å². The number of nitrogens with one attached hydrogen (secondary N) is 3. The fourth-order valence-corrected chi connectivity index (χ4v) is 4.97. The second-order valence-electron chi connectivity index (χ2n) is 9.33. The van der Waals surface area contributed by atoms with Crippen molar-refractivity contribution < 1.29 is 18.7 Å². The predicted molar refractivity (Wildman–Crippen MR) is 146 cm³/mol. The number of methoxy groups -OCH3 is 1. The Hall–Kier alpha value is -4.24. The number of hydrogen-bond donors (Lipinski definition) is 3. The summed E-state index contributed by atoms with van der Waals surface area (Å²) in [6.07, 6.45) is 4.21. The summed E-state index contributed by atoms with van der Waals surface area (Å²) in [4.78, 5) is 32.9. The molecule has 2 amide bonds. The van der Waals surface area contributed by atoms with Gasteiger partial charge in [-0.2, -0.15) is 0 Å². The number of carbonyl (C=O) groups excluding carboxylic acids is 2. The van der Waals surface area contributed by atoms with Crippen LogP contribution >= 0.6 is 0 Å². The highest BCUT2D eigenvalue weighted by atomic mass is 16.5. The van der Waals surface area contributed by atoms with Crippen LogP contribution in [0.5, 0.6) is 5.75 Å². The molecule has 1 aliphatic rings. The number of carbonyl (C=O) groups is 2. The third-order valence-corrected chi connectivity index (χ3v) is 7.08. The van der Waals surface area contributed by atoms with Gasteiger partial charge in [-0.05, 0) is 54.4 Å². The summed E-state index contributed by atoms with van der Waals surface area (Å²) in [5, 5.41) is 6.67. The van der Waals surface area contributed by atoms with Gasteiger partial charge in [0, 0.05) is 62.1 Å². The van der Waals surface area contributed by atoms with Gasteiger partial charge < -0.3 is 29.7 Å². The van der Waals surface area contributed by atoms with Crippen LogP contribution in [0.1, 0.15) is 17.4 Å². The van der Waals surface area contributed by atoms with Gasteiger partial charge in [0.25, 0.3) is 0 Å². The fourth-order valence-electron chi connectivity index (χ4n) is 4.97. The number of H-pyrrole nitrogens is 1. The summed E-state index contributed by atoms with van der Waals surface area (Å²) in [6, 6.07) is 19.7. The first-order valence-corrected chi connectivity index (χ1v) is 12.9. The molecule has 38 heavy (non-hydrogen) atoms. The summed E-state index contributed by atoms with van der Waals surface area (Å²) in [5.41, 5.74) is 3.31. The Morgan fingerprint density at radius 2 is 1.74 bits per heavy atom. The van der Waals surface area contributed by atoms with E-state index in [4.69, 9.17) is 9.15 Å². The number of nitrogens with zero attached hydrogens (tertiary/aromatic N) is 2. The molecule has 9 nitrogen and oxygen atoms in total. The van der Waals surface area contributed by atoms with Crippen molar-refractivity contribution in [2.45, 2.75) is 12.5 Å². The van der Waals surface area contributed by atoms with E-state index in [9.17, 15) is 9.59 Å². The van der Waals surface area contributed by atoms with Gasteiger partial charge in [-0.1, -0.05) is 18.2 Å². The fraction of sp³-hybridized carbons (Fsp3) is 0.310. The molecule has 9 heteroatoms. The zero-order chi connectivity index (χ0) is 26.3. The first-order chi connectivity index (χ1) is 18.6. The van der Waals surface area contributed by atoms with E-state index in [1.807, 2.05) is 54.7 Å². The zero-order valence-corrected chi connectivity index (χ0v) is 21.5. The quantitative estimate of drug-likeness (QED) is 0.296. The Bertz CT molecular complexity index is 1340. The number of piperazine rings is 1. The van der Waals surface area contributed by atoms with Crippen molar-refractivity contribution in [3.05, 3.63) is 84.4 Å². The first-order valence-electron chi connectivity index (χ1n) is 12.9. The molecule has 0 spiro atoms. The van der Waals surface area contributed by atoms with Gasteiger partial charge in [0.15, 0.2) is 0 Å². The van der Waals surface area contributed by atoms with E-state index in [0.29, 0.717) is 13.0 Å². The normalized spacial score (nSPS) is 14.8. The highest BCUT2D eigenvalue weighted by Crippen LogP contribution is 2.25. The van der Waals surface area contributed by atoms with Crippen molar-refractivity contribution >= 4 is 28.4 Å². The van der Waals surface area contributed by atoms with Crippen LogP contribution in [0, 0.1) is 0 Å². The number of fused-ring (bicyclic) bond motifs is 1. The minimum atomic E-state index is -0.641. The van der Waals surface area contributed by atoms with Gasteiger partial charge >= 0.3 is 11.8 Å². The maximum absolute atomic E-state index is 12.6. The van der Waals surface area contributed by atoms with E-state index < -0.39 is 11.8 Å². The topological polar surface area (TPSA) is 103 Å². The summed E-state index contributed by atoms with van der Waals surface area (Å²) >= 11 is 0. The Kier molecular flexibility index (Phi) is 7.94. The standard InChI is InChI=1S/C29H33N5O4/c1-37-23-10-8-22(9-11-23)33-14-16-34(17-15-33)26(27-7-4-18-38-27)20-32-29(36)28(35)30-13-12-21-19-31-25-6-3-2-5-24(21)25/h2-11,18-19,26,31H,12-17,20H2,1H3,(H,30,35)(H,32,36)/t26-/m0/s1. The van der Waals surface area contributed by atoms with Crippen molar-refractivity contribution in [2.75, 3.05) is 51.3 Å². The molecule has 3 heterocycles. The second-order valence-corrected chi connectivity index (χ2v) is 9.33. The molecule has 2 aromatic heterocycles. The van der Waals surface area contributed by atoms with E-state index in [1.54, 1.807) is 13.4 Å². The van der Waals surface area contributed by atoms with Gasteiger partial charge in [-0.3, -0.25) is 14.5 Å². The minimum Gasteiger partial charge on any atom is -0.497 e. The Balaban J connectivity index is 1.12. The predicted octanol–water partition coefficient (Wildman–Crippen LogP) is 3.11. The molecule has 0 aliphatic carbocycles. The number of furan rings is 1. The summed E-state index contributed by atoms with van der Waals surface area (Å²) in [7, 11) is 1.66. The molecule has 4 aromatic rings. The lowest BCUT2D eigenvalue weighted by atomic mass is 10.1. The van der Waals surface area contributed by atoms with Crippen LogP contribution in [0.25, 0.3) is 10.9 Å². The number of benzene rings is 2. The van der Waals surface area contributed by atoms with E-state index in [1.165, 1.54) is 0 Å². The van der Waals surface area contributed by atoms with Crippen LogP contribution in [0.4, 0.5) is 5.69 Å². The lowest BCUT2D eigenvalue weighted by molar-refractivity contribution is -0.139. The number of aromatic nitrogens is 1. The number of aromatic amines is 1. The molecular weight excluding hydrogens is 482 g/mol. The summed E-state index contributed by atoms with van der Waals surface area (Å²) in [5.74, 6) is 0.329. The molecule has 1 fully saturated rings. The number of rotatable bonds is 9. The SMILES string of the molecule is COc1ccc(N2CCN([C@@H](CNC(=O)C(=O)NCCc3c[nH]c4ccccc34)c3ccco3)CC2)cc1. The molecule has 0 radical (unpaired) electrons. The summed E-state index contributed by atoms with van der Waals surface area (Å²) in [6.45, 7) is 3.93. The molecule has 0 saturated carbocycles. The molecule has 198 valence electrons. The molecule has 5 rings (SSSR count). The molecule has 2 aromatic carbocycles. The second kappa shape index (κ2) is 11.9. The van der Waals surface area contributed by atoms with Gasteiger partial charge in [-0.25, -0.2) is 0 Å². The first kappa shape index (κ1) is 25.4. The number of hydrogen-bond acceptors (Lipinski definition) is 6. The highest BCUT2D eigenvalue weighted by Gasteiger charge is 2.28. The third kappa shape index (κ3) is 5.84. The van der Waals surface area contributed by atoms with Gasteiger partial charge in [-0.15, -0.1) is 0 Å². The molecule has 0 bridgehead atoms. The van der Waals surface area contributed by atoms with Crippen molar-refractivity contribution in [1.29, 1.82) is 0 Å². The van der Waals surface area contributed by atoms with Gasteiger partial charge in [0.1, 0.15) is 11.5 Å². The maximum Gasteiger partial charge on any atom is 0.309 e. The maximum atomic E-state index is 12.6. The molecule has 0 unspecified atom stereocenters. The lowest BCUT2D eigenvalue weighted by Gasteiger charge is -2.39. The third-order valence-electron chi connectivity index (χ3n) is 7.08. The van der Waals surface area contributed by atoms with E-state index in [2.05, 4.69) is 37.6 Å². The summed E-state index contributed by atoms with van der Waals surface area (Å²) < 4.78 is 11.0. The van der Waals surface area contributed by atoms with Crippen molar-refractivity contribution in [2.24, 2.45) is 0 Å². The number of amides is 2. The number of anilines is 1. The van der Waals surface area contributed by atoms with E-state index in [-0.39, 0.29) is 12.6 Å². The largest absolute Gasteiger partial charge is 0.497 e. The smallest absolute Gasteiger partial charge is 0.309 e. The minimum absolute atomic E-state index is 0.161. The zero-order valence-electron chi connectivity index (χ0n) is 21.5. The number of ether oxygens (including phenoxy) is 1. The van der Waals surface area contributed by atoms with Crippen LogP contribution in [0.15, 0.2) is 77.5 Å². The van der Waals surface area contributed by atoms with E-state index >= 15 is 0 Å². The molecule has 1 aliphatic heterocycles.